The minimum atomic E-state index is 0.446. The van der Waals surface area contributed by atoms with E-state index in [0.717, 1.165) is 23.1 Å². The molecule has 0 aliphatic rings. The van der Waals surface area contributed by atoms with Crippen LogP contribution in [0.5, 0.6) is 0 Å². The van der Waals surface area contributed by atoms with Crippen LogP contribution in [0.15, 0.2) is 36.4 Å². The molecule has 3 N–H and O–H groups in total. The zero-order chi connectivity index (χ0) is 13.1. The average Bonchev–Trinajstić information content (AvgIpc) is 2.38. The van der Waals surface area contributed by atoms with Crippen LogP contribution in [-0.4, -0.2) is 11.0 Å². The van der Waals surface area contributed by atoms with Crippen molar-refractivity contribution in [3.63, 3.8) is 0 Å². The Kier molecular flexibility index (Phi) is 3.82. The van der Waals surface area contributed by atoms with Gasteiger partial charge in [-0.3, -0.25) is 0 Å². The molecule has 0 bridgehead atoms. The van der Waals surface area contributed by atoms with Gasteiger partial charge in [0.15, 0.2) is 0 Å². The lowest BCUT2D eigenvalue weighted by Crippen LogP contribution is -2.15. The van der Waals surface area contributed by atoms with Crippen LogP contribution in [0.3, 0.4) is 0 Å². The van der Waals surface area contributed by atoms with E-state index < -0.39 is 0 Å². The molecule has 0 heterocycles. The van der Waals surface area contributed by atoms with Crippen molar-refractivity contribution in [3.05, 3.63) is 42.0 Å². The highest BCUT2D eigenvalue weighted by molar-refractivity contribution is 7.80. The number of nitrogens with one attached hydrogen (secondary N) is 1. The molecule has 0 aliphatic heterocycles. The third kappa shape index (κ3) is 2.46. The predicted octanol–water partition coefficient (Wildman–Crippen LogP) is 3.68. The van der Waals surface area contributed by atoms with Gasteiger partial charge in [-0.25, -0.2) is 0 Å². The molecule has 0 saturated heterocycles. The largest absolute Gasteiger partial charge is 0.389 e. The van der Waals surface area contributed by atoms with Gasteiger partial charge in [-0.1, -0.05) is 43.4 Å². The molecule has 0 fully saturated rings. The highest BCUT2D eigenvalue weighted by atomic mass is 32.1. The molecule has 2 aromatic carbocycles. The maximum absolute atomic E-state index is 5.77. The van der Waals surface area contributed by atoms with Crippen LogP contribution in [0.4, 0.5) is 5.69 Å². The Balaban J connectivity index is 2.57. The van der Waals surface area contributed by atoms with Crippen LogP contribution in [0.1, 0.15) is 25.8 Å². The summed E-state index contributed by atoms with van der Waals surface area (Å²) in [7, 11) is 0. The van der Waals surface area contributed by atoms with Gasteiger partial charge in [-0.05, 0) is 30.9 Å². The summed E-state index contributed by atoms with van der Waals surface area (Å²) >= 11 is 5.10. The van der Waals surface area contributed by atoms with Crippen molar-refractivity contribution in [3.8, 4) is 0 Å². The van der Waals surface area contributed by atoms with Gasteiger partial charge in [0.1, 0.15) is 4.99 Å². The Morgan fingerprint density at radius 2 is 1.89 bits per heavy atom. The molecule has 0 amide bonds. The van der Waals surface area contributed by atoms with E-state index in [2.05, 4.69) is 37.4 Å². The van der Waals surface area contributed by atoms with Crippen molar-refractivity contribution in [2.45, 2.75) is 26.3 Å². The van der Waals surface area contributed by atoms with Crippen LogP contribution < -0.4 is 11.1 Å². The van der Waals surface area contributed by atoms with Gasteiger partial charge in [0.2, 0.25) is 0 Å². The van der Waals surface area contributed by atoms with Gasteiger partial charge < -0.3 is 11.1 Å². The molecule has 3 heteroatoms. The Hall–Kier alpha value is -1.61. The van der Waals surface area contributed by atoms with Gasteiger partial charge in [0.25, 0.3) is 0 Å². The lowest BCUT2D eigenvalue weighted by atomic mass is 10.0. The summed E-state index contributed by atoms with van der Waals surface area (Å²) < 4.78 is 0. The van der Waals surface area contributed by atoms with Crippen LogP contribution in [0, 0.1) is 0 Å². The third-order valence-electron chi connectivity index (χ3n) is 3.20. The highest BCUT2D eigenvalue weighted by Gasteiger charge is 2.08. The molecular formula is C15H18N2S. The average molecular weight is 258 g/mol. The van der Waals surface area contributed by atoms with Crippen molar-refractivity contribution in [2.24, 2.45) is 5.73 Å². The molecule has 2 nitrogen and oxygen atoms in total. The molecule has 0 spiro atoms. The van der Waals surface area contributed by atoms with Crippen molar-refractivity contribution in [1.82, 2.24) is 0 Å². The van der Waals surface area contributed by atoms with E-state index in [4.69, 9.17) is 18.0 Å². The number of nitrogens with two attached hydrogens (primary N) is 1. The second-order valence-corrected chi connectivity index (χ2v) is 4.96. The SMILES string of the molecule is CCC(C)Nc1ccc(C(N)=S)c2ccccc12. The molecule has 2 aromatic rings. The smallest absolute Gasteiger partial charge is 0.104 e. The number of hydrogen-bond acceptors (Lipinski definition) is 2. The highest BCUT2D eigenvalue weighted by Crippen LogP contribution is 2.27. The zero-order valence-corrected chi connectivity index (χ0v) is 11.6. The minimum absolute atomic E-state index is 0.446. The van der Waals surface area contributed by atoms with Crippen molar-refractivity contribution in [2.75, 3.05) is 5.32 Å². The molecule has 0 radical (unpaired) electrons. The normalized spacial score (nSPS) is 12.3. The second-order valence-electron chi connectivity index (χ2n) is 4.52. The van der Waals surface area contributed by atoms with Crippen LogP contribution in [0.25, 0.3) is 10.8 Å². The quantitative estimate of drug-likeness (QED) is 0.821. The molecule has 0 saturated carbocycles. The molecule has 0 aromatic heterocycles. The van der Waals surface area contributed by atoms with Gasteiger partial charge in [0, 0.05) is 22.7 Å². The number of fused-ring (bicyclic) bond motifs is 1. The van der Waals surface area contributed by atoms with Gasteiger partial charge in [-0.15, -0.1) is 0 Å². The first-order valence-electron chi connectivity index (χ1n) is 6.21. The molecule has 18 heavy (non-hydrogen) atoms. The summed E-state index contributed by atoms with van der Waals surface area (Å²) in [6.45, 7) is 4.35. The fourth-order valence-corrected chi connectivity index (χ4v) is 2.19. The van der Waals surface area contributed by atoms with Crippen molar-refractivity contribution in [1.29, 1.82) is 0 Å². The van der Waals surface area contributed by atoms with Gasteiger partial charge in [0.05, 0.1) is 0 Å². The molecule has 0 aliphatic carbocycles. The lowest BCUT2D eigenvalue weighted by Gasteiger charge is -2.16. The van der Waals surface area contributed by atoms with E-state index in [9.17, 15) is 0 Å². The molecule has 1 atom stereocenters. The topological polar surface area (TPSA) is 38.0 Å². The maximum Gasteiger partial charge on any atom is 0.104 e. The molecular weight excluding hydrogens is 240 g/mol. The summed E-state index contributed by atoms with van der Waals surface area (Å²) in [5.74, 6) is 0. The van der Waals surface area contributed by atoms with E-state index in [1.165, 1.54) is 5.39 Å². The standard InChI is InChI=1S/C15H18N2S/c1-3-10(2)17-14-9-8-13(15(16)18)11-6-4-5-7-12(11)14/h4-10,17H,3H2,1-2H3,(H2,16,18). The maximum atomic E-state index is 5.77. The third-order valence-corrected chi connectivity index (χ3v) is 3.42. The second kappa shape index (κ2) is 5.36. The summed E-state index contributed by atoms with van der Waals surface area (Å²) in [6, 6.07) is 12.7. The van der Waals surface area contributed by atoms with Crippen molar-refractivity contribution < 1.29 is 0 Å². The van der Waals surface area contributed by atoms with Crippen LogP contribution in [-0.2, 0) is 0 Å². The number of hydrogen-bond donors (Lipinski definition) is 2. The summed E-state index contributed by atoms with van der Waals surface area (Å²) in [5.41, 5.74) is 7.85. The van der Waals surface area contributed by atoms with Gasteiger partial charge in [-0.2, -0.15) is 0 Å². The molecule has 2 rings (SSSR count). The summed E-state index contributed by atoms with van der Waals surface area (Å²) in [4.78, 5) is 0.446. The summed E-state index contributed by atoms with van der Waals surface area (Å²) in [5, 5.41) is 5.80. The lowest BCUT2D eigenvalue weighted by molar-refractivity contribution is 0.765. The van der Waals surface area contributed by atoms with E-state index in [1.807, 2.05) is 18.2 Å². The fourth-order valence-electron chi connectivity index (χ4n) is 2.01. The first-order valence-corrected chi connectivity index (χ1v) is 6.62. The van der Waals surface area contributed by atoms with Crippen LogP contribution >= 0.6 is 12.2 Å². The molecule has 94 valence electrons. The number of benzene rings is 2. The van der Waals surface area contributed by atoms with Crippen molar-refractivity contribution >= 4 is 33.7 Å². The molecule has 1 unspecified atom stereocenters. The number of anilines is 1. The van der Waals surface area contributed by atoms with Crippen LogP contribution in [0.2, 0.25) is 0 Å². The van der Waals surface area contributed by atoms with E-state index in [0.29, 0.717) is 11.0 Å². The Morgan fingerprint density at radius 3 is 2.50 bits per heavy atom. The fraction of sp³-hybridized carbons (Fsp3) is 0.267. The Labute approximate surface area is 113 Å². The Morgan fingerprint density at radius 1 is 1.22 bits per heavy atom. The predicted molar refractivity (Wildman–Crippen MR) is 83.2 cm³/mol. The minimum Gasteiger partial charge on any atom is -0.389 e. The van der Waals surface area contributed by atoms with E-state index >= 15 is 0 Å². The number of rotatable bonds is 4. The number of thiocarbonyl (C=S) groups is 1. The van der Waals surface area contributed by atoms with Gasteiger partial charge >= 0.3 is 0 Å². The monoisotopic (exact) mass is 258 g/mol. The Bertz CT molecular complexity index is 578. The first-order chi connectivity index (χ1) is 8.63. The van der Waals surface area contributed by atoms with E-state index in [-0.39, 0.29) is 0 Å². The zero-order valence-electron chi connectivity index (χ0n) is 10.7. The van der Waals surface area contributed by atoms with E-state index in [1.54, 1.807) is 0 Å². The summed E-state index contributed by atoms with van der Waals surface area (Å²) in [6.07, 6.45) is 1.09. The first kappa shape index (κ1) is 12.8.